The highest BCUT2D eigenvalue weighted by Gasteiger charge is 2.26. The van der Waals surface area contributed by atoms with Crippen LogP contribution in [0.3, 0.4) is 0 Å². The lowest BCUT2D eigenvalue weighted by Crippen LogP contribution is -2.18. The van der Waals surface area contributed by atoms with E-state index in [2.05, 4.69) is 4.74 Å². The van der Waals surface area contributed by atoms with Crippen LogP contribution < -0.4 is 9.47 Å². The maximum atomic E-state index is 11.8. The van der Waals surface area contributed by atoms with Crippen molar-refractivity contribution in [3.05, 3.63) is 17.7 Å². The van der Waals surface area contributed by atoms with Crippen molar-refractivity contribution in [2.45, 2.75) is 6.92 Å². The molecule has 0 atom stereocenters. The number of ether oxygens (including phenoxy) is 3. The van der Waals surface area contributed by atoms with E-state index in [0.717, 1.165) is 0 Å². The van der Waals surface area contributed by atoms with Crippen LogP contribution >= 0.6 is 0 Å². The van der Waals surface area contributed by atoms with Crippen LogP contribution in [0.1, 0.15) is 17.3 Å². The monoisotopic (exact) mass is 254 g/mol. The van der Waals surface area contributed by atoms with Gasteiger partial charge in [0.1, 0.15) is 22.8 Å². The Morgan fingerprint density at radius 3 is 2.39 bits per heavy atom. The first-order valence-electron chi connectivity index (χ1n) is 5.21. The molecule has 1 N–H and O–H groups in total. The quantitative estimate of drug-likeness (QED) is 0.482. The summed E-state index contributed by atoms with van der Waals surface area (Å²) in [5.74, 6) is -2.05. The molecule has 0 unspecified atom stereocenters. The van der Waals surface area contributed by atoms with E-state index in [4.69, 9.17) is 9.47 Å². The minimum absolute atomic E-state index is 0.0462. The number of carbonyl (C=O) groups excluding carboxylic acids is 2. The molecule has 1 aromatic rings. The van der Waals surface area contributed by atoms with E-state index in [-0.39, 0.29) is 17.9 Å². The summed E-state index contributed by atoms with van der Waals surface area (Å²) >= 11 is 0. The van der Waals surface area contributed by atoms with Gasteiger partial charge in [-0.25, -0.2) is 4.79 Å². The second-order valence-electron chi connectivity index (χ2n) is 3.27. The van der Waals surface area contributed by atoms with E-state index in [1.165, 1.54) is 26.4 Å². The van der Waals surface area contributed by atoms with Crippen molar-refractivity contribution in [3.63, 3.8) is 0 Å². The highest BCUT2D eigenvalue weighted by atomic mass is 16.5. The zero-order valence-electron chi connectivity index (χ0n) is 10.4. The molecule has 0 aliphatic rings. The van der Waals surface area contributed by atoms with E-state index < -0.39 is 17.5 Å². The first kappa shape index (κ1) is 13.8. The fourth-order valence-electron chi connectivity index (χ4n) is 1.38. The minimum atomic E-state index is -1.05. The van der Waals surface area contributed by atoms with Crippen molar-refractivity contribution in [3.8, 4) is 17.2 Å². The van der Waals surface area contributed by atoms with Crippen LogP contribution in [0.4, 0.5) is 0 Å². The molecule has 1 rings (SSSR count). The molecule has 1 aromatic carbocycles. The Balaban J connectivity index is 3.23. The summed E-state index contributed by atoms with van der Waals surface area (Å²) in [6, 6.07) is 2.61. The zero-order chi connectivity index (χ0) is 13.7. The number of aromatic hydroxyl groups is 1. The van der Waals surface area contributed by atoms with Crippen molar-refractivity contribution in [1.82, 2.24) is 0 Å². The predicted molar refractivity (Wildman–Crippen MR) is 62.2 cm³/mol. The lowest BCUT2D eigenvalue weighted by molar-refractivity contribution is -0.137. The van der Waals surface area contributed by atoms with Gasteiger partial charge in [0.15, 0.2) is 0 Å². The summed E-state index contributed by atoms with van der Waals surface area (Å²) in [7, 11) is 2.72. The fourth-order valence-corrected chi connectivity index (χ4v) is 1.38. The molecule has 0 saturated heterocycles. The topological polar surface area (TPSA) is 82.1 Å². The Morgan fingerprint density at radius 1 is 1.22 bits per heavy atom. The van der Waals surface area contributed by atoms with Crippen LogP contribution in [-0.4, -0.2) is 37.7 Å². The number of Topliss-reactive ketones (excluding diaryl/α,β-unsaturated/α-hetero) is 1. The average Bonchev–Trinajstić information content (AvgIpc) is 2.37. The SMILES string of the molecule is CCOC(=O)C(=O)c1c(O)cc(OC)cc1OC. The van der Waals surface area contributed by atoms with Gasteiger partial charge in [-0.05, 0) is 6.92 Å². The van der Waals surface area contributed by atoms with E-state index in [1.54, 1.807) is 6.92 Å². The number of esters is 1. The first-order chi connectivity index (χ1) is 8.54. The van der Waals surface area contributed by atoms with Crippen molar-refractivity contribution in [2.75, 3.05) is 20.8 Å². The molecule has 0 bridgehead atoms. The molecule has 0 saturated carbocycles. The van der Waals surface area contributed by atoms with Crippen LogP contribution in [0.2, 0.25) is 0 Å². The van der Waals surface area contributed by atoms with Gasteiger partial charge in [0, 0.05) is 12.1 Å². The van der Waals surface area contributed by atoms with E-state index in [0.29, 0.717) is 5.75 Å². The van der Waals surface area contributed by atoms with Crippen molar-refractivity contribution in [2.24, 2.45) is 0 Å². The van der Waals surface area contributed by atoms with Crippen molar-refractivity contribution in [1.29, 1.82) is 0 Å². The number of hydrogen-bond acceptors (Lipinski definition) is 6. The third-order valence-corrected chi connectivity index (χ3v) is 2.20. The number of ketones is 1. The Hall–Kier alpha value is -2.24. The number of hydrogen-bond donors (Lipinski definition) is 1. The molecular weight excluding hydrogens is 240 g/mol. The van der Waals surface area contributed by atoms with Gasteiger partial charge >= 0.3 is 5.97 Å². The molecule has 6 nitrogen and oxygen atoms in total. The molecule has 0 aliphatic carbocycles. The standard InChI is InChI=1S/C12H14O6/c1-4-18-12(15)11(14)10-8(13)5-7(16-2)6-9(10)17-3/h5-6,13H,4H2,1-3H3. The fraction of sp³-hybridized carbons (Fsp3) is 0.333. The van der Waals surface area contributed by atoms with Gasteiger partial charge in [0.25, 0.3) is 5.78 Å². The van der Waals surface area contributed by atoms with Crippen LogP contribution in [0, 0.1) is 0 Å². The van der Waals surface area contributed by atoms with Crippen LogP contribution in [-0.2, 0) is 9.53 Å². The normalized spacial score (nSPS) is 9.72. The number of carbonyl (C=O) groups is 2. The van der Waals surface area contributed by atoms with Gasteiger partial charge in [-0.15, -0.1) is 0 Å². The number of phenolic OH excluding ortho intramolecular Hbond substituents is 1. The second-order valence-corrected chi connectivity index (χ2v) is 3.27. The largest absolute Gasteiger partial charge is 0.507 e. The summed E-state index contributed by atoms with van der Waals surface area (Å²) in [5, 5.41) is 9.73. The van der Waals surface area contributed by atoms with Gasteiger partial charge in [0.05, 0.1) is 20.8 Å². The zero-order valence-corrected chi connectivity index (χ0v) is 10.4. The lowest BCUT2D eigenvalue weighted by Gasteiger charge is -2.11. The third-order valence-electron chi connectivity index (χ3n) is 2.20. The summed E-state index contributed by atoms with van der Waals surface area (Å²) in [6.07, 6.45) is 0. The molecule has 0 radical (unpaired) electrons. The summed E-state index contributed by atoms with van der Waals surface area (Å²) in [6.45, 7) is 1.65. The molecule has 98 valence electrons. The Morgan fingerprint density at radius 2 is 1.89 bits per heavy atom. The third kappa shape index (κ3) is 2.71. The van der Waals surface area contributed by atoms with E-state index >= 15 is 0 Å². The van der Waals surface area contributed by atoms with Gasteiger partial charge in [-0.2, -0.15) is 0 Å². The summed E-state index contributed by atoms with van der Waals surface area (Å²) < 4.78 is 14.4. The molecule has 0 heterocycles. The highest BCUT2D eigenvalue weighted by Crippen LogP contribution is 2.33. The number of methoxy groups -OCH3 is 2. The minimum Gasteiger partial charge on any atom is -0.507 e. The summed E-state index contributed by atoms with van der Waals surface area (Å²) in [5.41, 5.74) is -0.239. The highest BCUT2D eigenvalue weighted by molar-refractivity contribution is 6.42. The van der Waals surface area contributed by atoms with Gasteiger partial charge < -0.3 is 19.3 Å². The second kappa shape index (κ2) is 5.90. The van der Waals surface area contributed by atoms with Gasteiger partial charge in [-0.3, -0.25) is 4.79 Å². The average molecular weight is 254 g/mol. The molecule has 0 amide bonds. The molecule has 18 heavy (non-hydrogen) atoms. The molecule has 0 aliphatic heterocycles. The number of phenols is 1. The maximum Gasteiger partial charge on any atom is 0.379 e. The summed E-state index contributed by atoms with van der Waals surface area (Å²) in [4.78, 5) is 23.1. The van der Waals surface area contributed by atoms with Crippen molar-refractivity contribution >= 4 is 11.8 Å². The van der Waals surface area contributed by atoms with Crippen LogP contribution in [0.25, 0.3) is 0 Å². The number of benzene rings is 1. The van der Waals surface area contributed by atoms with Gasteiger partial charge in [0.2, 0.25) is 0 Å². The van der Waals surface area contributed by atoms with Crippen LogP contribution in [0.15, 0.2) is 12.1 Å². The Bertz CT molecular complexity index is 466. The maximum absolute atomic E-state index is 11.8. The smallest absolute Gasteiger partial charge is 0.379 e. The number of rotatable bonds is 5. The molecule has 0 spiro atoms. The predicted octanol–water partition coefficient (Wildman–Crippen LogP) is 1.16. The Labute approximate surface area is 104 Å². The first-order valence-corrected chi connectivity index (χ1v) is 5.21. The van der Waals surface area contributed by atoms with Crippen molar-refractivity contribution < 1.29 is 28.9 Å². The Kier molecular flexibility index (Phi) is 4.53. The van der Waals surface area contributed by atoms with Crippen LogP contribution in [0.5, 0.6) is 17.2 Å². The molecule has 6 heteroatoms. The lowest BCUT2D eigenvalue weighted by atomic mass is 10.1. The molecule has 0 aromatic heterocycles. The molecule has 0 fully saturated rings. The molecular formula is C12H14O6. The van der Waals surface area contributed by atoms with E-state index in [9.17, 15) is 14.7 Å². The van der Waals surface area contributed by atoms with E-state index in [1.807, 2.05) is 0 Å². The van der Waals surface area contributed by atoms with Gasteiger partial charge in [-0.1, -0.05) is 0 Å².